The third kappa shape index (κ3) is 4.77. The number of carbonyl (C=O) groups is 2. The number of amides is 1. The van der Waals surface area contributed by atoms with E-state index in [-0.39, 0.29) is 0 Å². The molecule has 118 valence electrons. The van der Waals surface area contributed by atoms with E-state index >= 15 is 0 Å². The Morgan fingerprint density at radius 2 is 1.95 bits per heavy atom. The first-order valence-electron chi connectivity index (χ1n) is 6.75. The zero-order chi connectivity index (χ0) is 16.4. The predicted octanol–water partition coefficient (Wildman–Crippen LogP) is 2.04. The maximum absolute atomic E-state index is 11.8. The number of imidazole rings is 1. The van der Waals surface area contributed by atoms with Crippen molar-refractivity contribution in [3.63, 3.8) is 0 Å². The molecule has 0 aliphatic rings. The molecular weight excluding hydrogens is 274 g/mol. The van der Waals surface area contributed by atoms with Crippen LogP contribution < -0.4 is 5.32 Å². The lowest BCUT2D eigenvalue weighted by Gasteiger charge is -2.26. The fraction of sp³-hybridized carbons (Fsp3) is 0.643. The van der Waals surface area contributed by atoms with E-state index in [0.717, 1.165) is 5.69 Å². The molecule has 21 heavy (non-hydrogen) atoms. The summed E-state index contributed by atoms with van der Waals surface area (Å²) < 4.78 is 6.83. The van der Waals surface area contributed by atoms with Crippen molar-refractivity contribution in [1.82, 2.24) is 14.9 Å². The molecule has 1 rings (SSSR count). The lowest BCUT2D eigenvalue weighted by molar-refractivity contribution is -0.140. The van der Waals surface area contributed by atoms with Gasteiger partial charge >= 0.3 is 12.1 Å². The minimum atomic E-state index is -1.13. The largest absolute Gasteiger partial charge is 0.480 e. The number of hydrogen-bond donors (Lipinski definition) is 2. The molecule has 0 aliphatic heterocycles. The smallest absolute Gasteiger partial charge is 0.408 e. The van der Waals surface area contributed by atoms with Gasteiger partial charge in [0.2, 0.25) is 0 Å². The van der Waals surface area contributed by atoms with Crippen molar-refractivity contribution >= 4 is 12.1 Å². The highest BCUT2D eigenvalue weighted by Crippen LogP contribution is 2.16. The van der Waals surface area contributed by atoms with E-state index in [0.29, 0.717) is 5.82 Å². The Kier molecular flexibility index (Phi) is 4.98. The molecule has 1 aromatic heterocycles. The molecule has 0 radical (unpaired) electrons. The number of rotatable bonds is 4. The number of alkyl carbamates (subject to hydrolysis) is 1. The summed E-state index contributed by atoms with van der Waals surface area (Å²) in [6, 6.07) is -1.59. The summed E-state index contributed by atoms with van der Waals surface area (Å²) in [5, 5.41) is 11.7. The van der Waals surface area contributed by atoms with Crippen LogP contribution in [0.1, 0.15) is 45.3 Å². The normalized spacial score (nSPS) is 14.4. The molecule has 7 nitrogen and oxygen atoms in total. The molecule has 2 atom stereocenters. The fourth-order valence-corrected chi connectivity index (χ4v) is 2.03. The van der Waals surface area contributed by atoms with Gasteiger partial charge < -0.3 is 19.7 Å². The number of aromatic nitrogens is 2. The molecule has 0 bridgehead atoms. The summed E-state index contributed by atoms with van der Waals surface area (Å²) in [4.78, 5) is 27.4. The van der Waals surface area contributed by atoms with Crippen molar-refractivity contribution in [2.75, 3.05) is 0 Å². The highest BCUT2D eigenvalue weighted by Gasteiger charge is 2.30. The monoisotopic (exact) mass is 297 g/mol. The van der Waals surface area contributed by atoms with E-state index in [1.165, 1.54) is 0 Å². The van der Waals surface area contributed by atoms with Gasteiger partial charge in [-0.15, -0.1) is 0 Å². The number of carbonyl (C=O) groups excluding carboxylic acids is 1. The highest BCUT2D eigenvalue weighted by atomic mass is 16.6. The van der Waals surface area contributed by atoms with Gasteiger partial charge in [0.1, 0.15) is 17.5 Å². The fourth-order valence-electron chi connectivity index (χ4n) is 2.03. The van der Waals surface area contributed by atoms with Gasteiger partial charge in [0.05, 0.1) is 11.7 Å². The van der Waals surface area contributed by atoms with Crippen LogP contribution in [0.3, 0.4) is 0 Å². The quantitative estimate of drug-likeness (QED) is 0.887. The van der Waals surface area contributed by atoms with E-state index in [9.17, 15) is 14.7 Å². The molecule has 2 N–H and O–H groups in total. The first kappa shape index (κ1) is 17.0. The molecule has 0 fully saturated rings. The number of aryl methyl sites for hydroxylation is 2. The van der Waals surface area contributed by atoms with Crippen LogP contribution in [0.25, 0.3) is 0 Å². The molecule has 0 aromatic carbocycles. The first-order chi connectivity index (χ1) is 9.51. The summed E-state index contributed by atoms with van der Waals surface area (Å²) in [7, 11) is 0. The van der Waals surface area contributed by atoms with Crippen LogP contribution in [0.4, 0.5) is 4.79 Å². The van der Waals surface area contributed by atoms with Crippen LogP contribution in [-0.2, 0) is 9.53 Å². The number of ether oxygens (including phenoxy) is 1. The maximum Gasteiger partial charge on any atom is 0.408 e. The second kappa shape index (κ2) is 6.15. The van der Waals surface area contributed by atoms with E-state index in [2.05, 4.69) is 10.3 Å². The average Bonchev–Trinajstić information content (AvgIpc) is 2.61. The predicted molar refractivity (Wildman–Crippen MR) is 77.2 cm³/mol. The molecule has 1 aromatic rings. The summed E-state index contributed by atoms with van der Waals surface area (Å²) >= 11 is 0. The van der Waals surface area contributed by atoms with Gasteiger partial charge in [0, 0.05) is 6.20 Å². The third-order valence-corrected chi connectivity index (χ3v) is 2.90. The van der Waals surface area contributed by atoms with Crippen molar-refractivity contribution in [3.8, 4) is 0 Å². The molecule has 2 unspecified atom stereocenters. The number of hydrogen-bond acceptors (Lipinski definition) is 4. The second-order valence-electron chi connectivity index (χ2n) is 6.04. The summed E-state index contributed by atoms with van der Waals surface area (Å²) in [6.45, 7) is 10.5. The Bertz CT molecular complexity index is 531. The van der Waals surface area contributed by atoms with Crippen LogP contribution in [0.2, 0.25) is 0 Å². The molecular formula is C14H23N3O4. The van der Waals surface area contributed by atoms with E-state index in [1.807, 2.05) is 6.92 Å². The van der Waals surface area contributed by atoms with Gasteiger partial charge in [0.25, 0.3) is 0 Å². The van der Waals surface area contributed by atoms with Gasteiger partial charge in [0.15, 0.2) is 0 Å². The van der Waals surface area contributed by atoms with Gasteiger partial charge in [-0.2, -0.15) is 0 Å². The van der Waals surface area contributed by atoms with Gasteiger partial charge in [-0.05, 0) is 41.5 Å². The van der Waals surface area contributed by atoms with E-state index < -0.39 is 29.7 Å². The molecule has 0 saturated heterocycles. The number of nitrogens with zero attached hydrogens (tertiary/aromatic N) is 2. The molecule has 0 spiro atoms. The number of carboxylic acids is 1. The first-order valence-corrected chi connectivity index (χ1v) is 6.75. The Labute approximate surface area is 124 Å². The standard InChI is InChI=1S/C14H23N3O4/c1-8-7-17(10(3)15-8)9(2)11(12(18)19)16-13(20)21-14(4,5)6/h7,9,11H,1-6H3,(H,16,20)(H,18,19). The van der Waals surface area contributed by atoms with Gasteiger partial charge in [-0.25, -0.2) is 14.6 Å². The topological polar surface area (TPSA) is 93.5 Å². The number of aliphatic carboxylic acids is 1. The molecule has 0 saturated carbocycles. The van der Waals surface area contributed by atoms with Crippen LogP contribution >= 0.6 is 0 Å². The number of carboxylic acid groups (broad SMARTS) is 1. The SMILES string of the molecule is Cc1cn(C(C)C(NC(=O)OC(C)(C)C)C(=O)O)c(C)n1. The van der Waals surface area contributed by atoms with Crippen LogP contribution in [0, 0.1) is 13.8 Å². The Morgan fingerprint density at radius 3 is 2.33 bits per heavy atom. The van der Waals surface area contributed by atoms with Gasteiger partial charge in [-0.3, -0.25) is 0 Å². The van der Waals surface area contributed by atoms with Crippen molar-refractivity contribution in [2.45, 2.75) is 59.2 Å². The van der Waals surface area contributed by atoms with Crippen molar-refractivity contribution in [3.05, 3.63) is 17.7 Å². The van der Waals surface area contributed by atoms with Gasteiger partial charge in [-0.1, -0.05) is 0 Å². The van der Waals surface area contributed by atoms with E-state index in [4.69, 9.17) is 4.74 Å². The van der Waals surface area contributed by atoms with Crippen LogP contribution in [0.5, 0.6) is 0 Å². The van der Waals surface area contributed by atoms with Crippen molar-refractivity contribution in [1.29, 1.82) is 0 Å². The summed E-state index contributed by atoms with van der Waals surface area (Å²) in [5.74, 6) is -0.434. The third-order valence-electron chi connectivity index (χ3n) is 2.90. The lowest BCUT2D eigenvalue weighted by atomic mass is 10.1. The minimum absolute atomic E-state index is 0.490. The number of nitrogens with one attached hydrogen (secondary N) is 1. The van der Waals surface area contributed by atoms with Crippen LogP contribution in [-0.4, -0.2) is 38.4 Å². The molecule has 0 aliphatic carbocycles. The van der Waals surface area contributed by atoms with Crippen molar-refractivity contribution in [2.24, 2.45) is 0 Å². The second-order valence-corrected chi connectivity index (χ2v) is 6.04. The maximum atomic E-state index is 11.8. The Morgan fingerprint density at radius 1 is 1.38 bits per heavy atom. The Balaban J connectivity index is 2.89. The molecule has 1 amide bonds. The average molecular weight is 297 g/mol. The van der Waals surface area contributed by atoms with Crippen LogP contribution in [0.15, 0.2) is 6.20 Å². The summed E-state index contributed by atoms with van der Waals surface area (Å²) in [5.41, 5.74) is 0.110. The van der Waals surface area contributed by atoms with E-state index in [1.54, 1.807) is 45.4 Å². The zero-order valence-corrected chi connectivity index (χ0v) is 13.3. The zero-order valence-electron chi connectivity index (χ0n) is 13.3. The minimum Gasteiger partial charge on any atom is -0.480 e. The van der Waals surface area contributed by atoms with Crippen molar-refractivity contribution < 1.29 is 19.4 Å². The molecule has 7 heteroatoms. The summed E-state index contributed by atoms with van der Waals surface area (Å²) in [6.07, 6.45) is 1.00. The highest BCUT2D eigenvalue weighted by molar-refractivity contribution is 5.80. The lowest BCUT2D eigenvalue weighted by Crippen LogP contribution is -2.47. The Hall–Kier alpha value is -2.05. The molecule has 1 heterocycles.